The Morgan fingerprint density at radius 3 is 2.63 bits per heavy atom. The number of nitrogens with zero attached hydrogens (tertiary/aromatic N) is 2. The van der Waals surface area contributed by atoms with Crippen molar-refractivity contribution in [1.82, 2.24) is 5.43 Å². The summed E-state index contributed by atoms with van der Waals surface area (Å²) in [5.41, 5.74) is 4.52. The number of carbonyl (C=O) groups is 1. The number of hydrogen-bond donors (Lipinski definition) is 1. The van der Waals surface area contributed by atoms with Crippen molar-refractivity contribution in [2.24, 2.45) is 5.10 Å². The Bertz CT molecular complexity index is 1370. The molecular formula is C25H20BrN3O6. The average molecular weight is 538 g/mol. The van der Waals surface area contributed by atoms with Gasteiger partial charge in [-0.25, -0.2) is 5.43 Å². The molecule has 1 aromatic heterocycles. The Balaban J connectivity index is 1.45. The first-order valence-corrected chi connectivity index (χ1v) is 11.4. The number of furan rings is 1. The molecule has 0 fully saturated rings. The Morgan fingerprint density at radius 1 is 1.14 bits per heavy atom. The minimum atomic E-state index is -0.468. The van der Waals surface area contributed by atoms with Gasteiger partial charge in [-0.05, 0) is 70.4 Å². The molecule has 35 heavy (non-hydrogen) atoms. The number of rotatable bonds is 9. The Morgan fingerprint density at radius 2 is 1.91 bits per heavy atom. The summed E-state index contributed by atoms with van der Waals surface area (Å²) < 4.78 is 17.8. The highest BCUT2D eigenvalue weighted by Crippen LogP contribution is 2.37. The normalized spacial score (nSPS) is 11.0. The maximum Gasteiger partial charge on any atom is 0.307 e. The molecular weight excluding hydrogens is 518 g/mol. The molecule has 0 saturated carbocycles. The predicted octanol–water partition coefficient (Wildman–Crippen LogP) is 5.85. The lowest BCUT2D eigenvalue weighted by Crippen LogP contribution is -2.16. The average Bonchev–Trinajstić information content (AvgIpc) is 3.28. The summed E-state index contributed by atoms with van der Waals surface area (Å²) in [4.78, 5) is 22.7. The van der Waals surface area contributed by atoms with Crippen LogP contribution in [-0.4, -0.2) is 23.7 Å². The first-order chi connectivity index (χ1) is 16.9. The van der Waals surface area contributed by atoms with Gasteiger partial charge in [0.1, 0.15) is 12.2 Å². The van der Waals surface area contributed by atoms with Crippen LogP contribution in [0.25, 0.3) is 11.0 Å². The second kappa shape index (κ2) is 10.8. The molecule has 0 radical (unpaired) electrons. The molecule has 0 aliphatic carbocycles. The molecule has 1 amide bonds. The molecule has 4 aromatic rings. The van der Waals surface area contributed by atoms with Gasteiger partial charge in [0.25, 0.3) is 5.69 Å². The quantitative estimate of drug-likeness (QED) is 0.163. The number of nitrogens with one attached hydrogen (secondary N) is 1. The van der Waals surface area contributed by atoms with Crippen LogP contribution in [0.3, 0.4) is 0 Å². The largest absolute Gasteiger partial charge is 0.490 e. The number of hydrazone groups is 1. The third-order valence-corrected chi connectivity index (χ3v) is 5.48. The van der Waals surface area contributed by atoms with Crippen molar-refractivity contribution in [3.8, 4) is 11.5 Å². The molecule has 0 atom stereocenters. The summed E-state index contributed by atoms with van der Waals surface area (Å²) in [6.07, 6.45) is 1.48. The summed E-state index contributed by atoms with van der Waals surface area (Å²) in [6, 6.07) is 18.6. The fourth-order valence-electron chi connectivity index (χ4n) is 3.25. The van der Waals surface area contributed by atoms with Gasteiger partial charge in [-0.1, -0.05) is 18.2 Å². The molecule has 3 aromatic carbocycles. The molecule has 0 aliphatic rings. The third-order valence-electron chi connectivity index (χ3n) is 4.89. The predicted molar refractivity (Wildman–Crippen MR) is 134 cm³/mol. The lowest BCUT2D eigenvalue weighted by molar-refractivity contribution is -0.384. The maximum atomic E-state index is 12.4. The van der Waals surface area contributed by atoms with Crippen molar-refractivity contribution < 1.29 is 23.6 Å². The second-order valence-corrected chi connectivity index (χ2v) is 8.18. The molecule has 10 heteroatoms. The maximum absolute atomic E-state index is 12.4. The summed E-state index contributed by atoms with van der Waals surface area (Å²) >= 11 is 3.49. The van der Waals surface area contributed by atoms with Crippen LogP contribution in [-0.2, 0) is 6.61 Å². The van der Waals surface area contributed by atoms with E-state index in [-0.39, 0.29) is 18.1 Å². The number of nitro groups is 1. The summed E-state index contributed by atoms with van der Waals surface area (Å²) in [7, 11) is 0. The monoisotopic (exact) mass is 537 g/mol. The van der Waals surface area contributed by atoms with E-state index in [1.807, 2.05) is 25.1 Å². The molecule has 0 bridgehead atoms. The zero-order valence-electron chi connectivity index (χ0n) is 18.6. The van der Waals surface area contributed by atoms with Crippen LogP contribution in [0.15, 0.2) is 80.7 Å². The summed E-state index contributed by atoms with van der Waals surface area (Å²) in [5.74, 6) is 0.654. The smallest absolute Gasteiger partial charge is 0.307 e. The van der Waals surface area contributed by atoms with Gasteiger partial charge in [0.15, 0.2) is 17.3 Å². The van der Waals surface area contributed by atoms with Gasteiger partial charge in [-0.3, -0.25) is 14.9 Å². The summed E-state index contributed by atoms with van der Waals surface area (Å²) in [5, 5.41) is 15.7. The first-order valence-electron chi connectivity index (χ1n) is 10.6. The van der Waals surface area contributed by atoms with E-state index in [1.54, 1.807) is 36.4 Å². The third kappa shape index (κ3) is 5.85. The number of para-hydroxylation sites is 1. The minimum Gasteiger partial charge on any atom is -0.490 e. The van der Waals surface area contributed by atoms with Gasteiger partial charge in [0.2, 0.25) is 0 Å². The fourth-order valence-corrected chi connectivity index (χ4v) is 3.82. The van der Waals surface area contributed by atoms with Crippen LogP contribution >= 0.6 is 15.9 Å². The van der Waals surface area contributed by atoms with Crippen LogP contribution in [0.4, 0.5) is 5.69 Å². The van der Waals surface area contributed by atoms with E-state index >= 15 is 0 Å². The van der Waals surface area contributed by atoms with Gasteiger partial charge in [-0.15, -0.1) is 0 Å². The van der Waals surface area contributed by atoms with Crippen molar-refractivity contribution in [1.29, 1.82) is 0 Å². The molecule has 0 spiro atoms. The van der Waals surface area contributed by atoms with Crippen molar-refractivity contribution in [3.63, 3.8) is 0 Å². The summed E-state index contributed by atoms with van der Waals surface area (Å²) in [6.45, 7) is 2.45. The van der Waals surface area contributed by atoms with E-state index in [2.05, 4.69) is 26.5 Å². The van der Waals surface area contributed by atoms with Crippen molar-refractivity contribution in [2.75, 3.05) is 6.61 Å². The van der Waals surface area contributed by atoms with Crippen LogP contribution in [0.5, 0.6) is 11.5 Å². The highest BCUT2D eigenvalue weighted by Gasteiger charge is 2.14. The van der Waals surface area contributed by atoms with Crippen LogP contribution in [0.1, 0.15) is 28.6 Å². The molecule has 1 N–H and O–H groups in total. The molecule has 0 unspecified atom stereocenters. The molecule has 0 saturated heterocycles. The van der Waals surface area contributed by atoms with E-state index in [0.29, 0.717) is 33.7 Å². The van der Waals surface area contributed by atoms with E-state index in [1.165, 1.54) is 18.3 Å². The molecule has 4 rings (SSSR count). The van der Waals surface area contributed by atoms with Crippen LogP contribution in [0.2, 0.25) is 0 Å². The Labute approximate surface area is 208 Å². The van der Waals surface area contributed by atoms with Gasteiger partial charge in [0.05, 0.1) is 22.2 Å². The standard InChI is InChI=1S/C25H20BrN3O6/c1-2-33-22-12-17(14-27-28-25(30)23-13-18-5-3-4-6-21(18)35-23)11-20(26)24(22)34-15-16-7-9-19(10-8-16)29(31)32/h3-14H,2,15H2,1H3,(H,28,30)/b27-14+. The second-order valence-electron chi connectivity index (χ2n) is 7.32. The zero-order chi connectivity index (χ0) is 24.8. The number of hydrogen-bond acceptors (Lipinski definition) is 7. The Kier molecular flexibility index (Phi) is 7.41. The Hall–Kier alpha value is -4.18. The van der Waals surface area contributed by atoms with Crippen molar-refractivity contribution in [2.45, 2.75) is 13.5 Å². The number of carbonyl (C=O) groups excluding carboxylic acids is 1. The molecule has 0 aliphatic heterocycles. The molecule has 9 nitrogen and oxygen atoms in total. The van der Waals surface area contributed by atoms with Crippen LogP contribution < -0.4 is 14.9 Å². The number of benzene rings is 3. The minimum absolute atomic E-state index is 0.0148. The lowest BCUT2D eigenvalue weighted by Gasteiger charge is -2.14. The number of nitro benzene ring substituents is 1. The molecule has 1 heterocycles. The topological polar surface area (TPSA) is 116 Å². The van der Waals surface area contributed by atoms with E-state index in [4.69, 9.17) is 13.9 Å². The highest BCUT2D eigenvalue weighted by molar-refractivity contribution is 9.10. The SMILES string of the molecule is CCOc1cc(/C=N/NC(=O)c2cc3ccccc3o2)cc(Br)c1OCc1ccc([N+](=O)[O-])cc1. The number of fused-ring (bicyclic) bond motifs is 1. The van der Waals surface area contributed by atoms with E-state index < -0.39 is 10.8 Å². The van der Waals surface area contributed by atoms with Crippen molar-refractivity contribution >= 4 is 44.7 Å². The van der Waals surface area contributed by atoms with Gasteiger partial charge in [-0.2, -0.15) is 5.10 Å². The zero-order valence-corrected chi connectivity index (χ0v) is 20.2. The van der Waals surface area contributed by atoms with Crippen molar-refractivity contribution in [3.05, 3.63) is 98.2 Å². The number of ether oxygens (including phenoxy) is 2. The number of halogens is 1. The fraction of sp³-hybridized carbons (Fsp3) is 0.120. The van der Waals surface area contributed by atoms with Gasteiger partial charge < -0.3 is 13.9 Å². The lowest BCUT2D eigenvalue weighted by atomic mass is 10.2. The number of non-ortho nitro benzene ring substituents is 1. The highest BCUT2D eigenvalue weighted by atomic mass is 79.9. The number of amides is 1. The van der Waals surface area contributed by atoms with E-state index in [0.717, 1.165) is 10.9 Å². The van der Waals surface area contributed by atoms with Gasteiger partial charge >= 0.3 is 5.91 Å². The first kappa shape index (κ1) is 24.0. The molecule has 178 valence electrons. The van der Waals surface area contributed by atoms with Gasteiger partial charge in [0, 0.05) is 17.5 Å². The van der Waals surface area contributed by atoms with Crippen LogP contribution in [0, 0.1) is 10.1 Å². The van der Waals surface area contributed by atoms with E-state index in [9.17, 15) is 14.9 Å².